The smallest absolute Gasteiger partial charge is 0.191 e. The number of nitrogens with zero attached hydrogens (tertiary/aromatic N) is 2. The van der Waals surface area contributed by atoms with E-state index in [4.69, 9.17) is 4.74 Å². The van der Waals surface area contributed by atoms with E-state index in [1.165, 1.54) is 0 Å². The largest absolute Gasteiger partial charge is 0.380 e. The Morgan fingerprint density at radius 1 is 1.19 bits per heavy atom. The molecular formula is C16H34N4O. The Bertz CT molecular complexity index is 316. The number of guanidine groups is 1. The quantitative estimate of drug-likeness (QED) is 0.529. The topological polar surface area (TPSA) is 48.9 Å². The molecule has 21 heavy (non-hydrogen) atoms. The molecule has 0 aromatic carbocycles. The van der Waals surface area contributed by atoms with Crippen LogP contribution in [-0.2, 0) is 4.74 Å². The van der Waals surface area contributed by atoms with Crippen molar-refractivity contribution < 1.29 is 4.74 Å². The fraction of sp³-hybridized carbons (Fsp3) is 0.938. The second-order valence-electron chi connectivity index (χ2n) is 6.85. The van der Waals surface area contributed by atoms with Crippen molar-refractivity contribution in [2.24, 2.45) is 10.4 Å². The molecule has 0 atom stereocenters. The van der Waals surface area contributed by atoms with E-state index in [0.717, 1.165) is 45.4 Å². The second kappa shape index (κ2) is 8.59. The average Bonchev–Trinajstić information content (AvgIpc) is 2.37. The summed E-state index contributed by atoms with van der Waals surface area (Å²) in [5.74, 6) is 0.915. The van der Waals surface area contributed by atoms with Gasteiger partial charge in [0.25, 0.3) is 0 Å². The van der Waals surface area contributed by atoms with Crippen molar-refractivity contribution in [2.75, 3.05) is 39.4 Å². The Morgan fingerprint density at radius 3 is 2.24 bits per heavy atom. The van der Waals surface area contributed by atoms with E-state index >= 15 is 0 Å². The lowest BCUT2D eigenvalue weighted by molar-refractivity contribution is -0.0945. The molecule has 1 aliphatic heterocycles. The van der Waals surface area contributed by atoms with E-state index < -0.39 is 0 Å². The Labute approximate surface area is 130 Å². The normalized spacial score (nSPS) is 18.2. The summed E-state index contributed by atoms with van der Waals surface area (Å²) in [4.78, 5) is 7.17. The molecule has 0 amide bonds. The molecule has 0 aliphatic carbocycles. The Balaban J connectivity index is 2.41. The third-order valence-corrected chi connectivity index (χ3v) is 3.85. The summed E-state index contributed by atoms with van der Waals surface area (Å²) in [6.45, 7) is 18.6. The first kappa shape index (κ1) is 18.2. The summed E-state index contributed by atoms with van der Waals surface area (Å²) in [7, 11) is 0. The fourth-order valence-corrected chi connectivity index (χ4v) is 2.57. The molecule has 0 saturated carbocycles. The van der Waals surface area contributed by atoms with Gasteiger partial charge in [0.05, 0.1) is 19.8 Å². The minimum absolute atomic E-state index is 0.226. The second-order valence-corrected chi connectivity index (χ2v) is 6.85. The number of aliphatic imine (C=N–C) groups is 1. The van der Waals surface area contributed by atoms with Gasteiger partial charge >= 0.3 is 0 Å². The monoisotopic (exact) mass is 298 g/mol. The summed E-state index contributed by atoms with van der Waals surface area (Å²) in [6.07, 6.45) is 0. The maximum absolute atomic E-state index is 5.28. The molecule has 0 spiro atoms. The highest BCUT2D eigenvalue weighted by molar-refractivity contribution is 5.79. The molecule has 0 radical (unpaired) electrons. The van der Waals surface area contributed by atoms with Crippen LogP contribution < -0.4 is 10.6 Å². The Hall–Kier alpha value is -0.810. The molecule has 1 rings (SSSR count). The van der Waals surface area contributed by atoms with Crippen LogP contribution in [-0.4, -0.2) is 62.3 Å². The van der Waals surface area contributed by atoms with Gasteiger partial charge in [0.2, 0.25) is 0 Å². The maximum atomic E-state index is 5.28. The SMILES string of the molecule is CCNC(=NCC1(C)COC1)NCCN(C(C)C)C(C)C. The molecule has 0 bridgehead atoms. The maximum Gasteiger partial charge on any atom is 0.191 e. The van der Waals surface area contributed by atoms with E-state index in [-0.39, 0.29) is 5.41 Å². The van der Waals surface area contributed by atoms with E-state index in [2.05, 4.69) is 62.1 Å². The van der Waals surface area contributed by atoms with Crippen molar-refractivity contribution in [3.05, 3.63) is 0 Å². The molecule has 5 heteroatoms. The molecule has 1 heterocycles. The predicted molar refractivity (Wildman–Crippen MR) is 89.9 cm³/mol. The van der Waals surface area contributed by atoms with Crippen LogP contribution in [0.25, 0.3) is 0 Å². The van der Waals surface area contributed by atoms with Crippen LogP contribution >= 0.6 is 0 Å². The summed E-state index contributed by atoms with van der Waals surface area (Å²) in [5.41, 5.74) is 0.226. The highest BCUT2D eigenvalue weighted by atomic mass is 16.5. The van der Waals surface area contributed by atoms with Gasteiger partial charge in [0, 0.05) is 37.1 Å². The number of ether oxygens (including phenoxy) is 1. The van der Waals surface area contributed by atoms with Crippen LogP contribution in [0.4, 0.5) is 0 Å². The van der Waals surface area contributed by atoms with Crippen molar-refractivity contribution in [3.63, 3.8) is 0 Å². The third-order valence-electron chi connectivity index (χ3n) is 3.85. The fourth-order valence-electron chi connectivity index (χ4n) is 2.57. The zero-order valence-corrected chi connectivity index (χ0v) is 14.7. The zero-order chi connectivity index (χ0) is 15.9. The van der Waals surface area contributed by atoms with Crippen LogP contribution in [0.3, 0.4) is 0 Å². The van der Waals surface area contributed by atoms with Crippen LogP contribution in [0, 0.1) is 5.41 Å². The molecule has 1 aliphatic rings. The van der Waals surface area contributed by atoms with Gasteiger partial charge in [-0.25, -0.2) is 0 Å². The summed E-state index contributed by atoms with van der Waals surface area (Å²) >= 11 is 0. The molecule has 2 N–H and O–H groups in total. The number of hydrogen-bond donors (Lipinski definition) is 2. The third kappa shape index (κ3) is 6.22. The van der Waals surface area contributed by atoms with Gasteiger partial charge in [0.15, 0.2) is 5.96 Å². The minimum Gasteiger partial charge on any atom is -0.380 e. The standard InChI is InChI=1S/C16H34N4O/c1-7-17-15(19-10-16(6)11-21-12-16)18-8-9-20(13(2)3)14(4)5/h13-14H,7-12H2,1-6H3,(H2,17,18,19). The predicted octanol–water partition coefficient (Wildman–Crippen LogP) is 1.70. The number of nitrogens with one attached hydrogen (secondary N) is 2. The van der Waals surface area contributed by atoms with Gasteiger partial charge in [-0.1, -0.05) is 6.92 Å². The van der Waals surface area contributed by atoms with Gasteiger partial charge in [0.1, 0.15) is 0 Å². The van der Waals surface area contributed by atoms with Gasteiger partial charge < -0.3 is 15.4 Å². The summed E-state index contributed by atoms with van der Waals surface area (Å²) < 4.78 is 5.28. The minimum atomic E-state index is 0.226. The lowest BCUT2D eigenvalue weighted by Gasteiger charge is -2.36. The highest BCUT2D eigenvalue weighted by Gasteiger charge is 2.33. The first-order chi connectivity index (χ1) is 9.88. The van der Waals surface area contributed by atoms with Crippen LogP contribution in [0.1, 0.15) is 41.5 Å². The van der Waals surface area contributed by atoms with Gasteiger partial charge in [-0.15, -0.1) is 0 Å². The molecule has 1 saturated heterocycles. The highest BCUT2D eigenvalue weighted by Crippen LogP contribution is 2.26. The molecule has 0 unspecified atom stereocenters. The van der Waals surface area contributed by atoms with Crippen LogP contribution in [0.2, 0.25) is 0 Å². The summed E-state index contributed by atoms with van der Waals surface area (Å²) in [6, 6.07) is 1.13. The number of rotatable bonds is 8. The van der Waals surface area contributed by atoms with E-state index in [1.807, 2.05) is 0 Å². The Kier molecular flexibility index (Phi) is 7.46. The molecule has 5 nitrogen and oxygen atoms in total. The molecular weight excluding hydrogens is 264 g/mol. The van der Waals surface area contributed by atoms with Gasteiger partial charge in [-0.3, -0.25) is 9.89 Å². The van der Waals surface area contributed by atoms with Crippen LogP contribution in [0.5, 0.6) is 0 Å². The molecule has 0 aromatic rings. The van der Waals surface area contributed by atoms with Crippen molar-refractivity contribution in [1.82, 2.24) is 15.5 Å². The molecule has 0 aromatic heterocycles. The van der Waals surface area contributed by atoms with E-state index in [9.17, 15) is 0 Å². The zero-order valence-electron chi connectivity index (χ0n) is 14.7. The first-order valence-electron chi connectivity index (χ1n) is 8.23. The van der Waals surface area contributed by atoms with Crippen LogP contribution in [0.15, 0.2) is 4.99 Å². The average molecular weight is 298 g/mol. The number of hydrogen-bond acceptors (Lipinski definition) is 3. The van der Waals surface area contributed by atoms with Crippen molar-refractivity contribution in [3.8, 4) is 0 Å². The first-order valence-corrected chi connectivity index (χ1v) is 8.23. The van der Waals surface area contributed by atoms with Gasteiger partial charge in [-0.2, -0.15) is 0 Å². The lowest BCUT2D eigenvalue weighted by Crippen LogP contribution is -2.47. The molecule has 1 fully saturated rings. The summed E-state index contributed by atoms with van der Waals surface area (Å²) in [5, 5.41) is 6.75. The van der Waals surface area contributed by atoms with E-state index in [0.29, 0.717) is 12.1 Å². The Morgan fingerprint density at radius 2 is 1.81 bits per heavy atom. The van der Waals surface area contributed by atoms with Crippen molar-refractivity contribution in [1.29, 1.82) is 0 Å². The van der Waals surface area contributed by atoms with Crippen molar-refractivity contribution in [2.45, 2.75) is 53.6 Å². The lowest BCUT2D eigenvalue weighted by atomic mass is 9.89. The molecule has 124 valence electrons. The van der Waals surface area contributed by atoms with Gasteiger partial charge in [-0.05, 0) is 34.6 Å². The van der Waals surface area contributed by atoms with E-state index in [1.54, 1.807) is 0 Å². The van der Waals surface area contributed by atoms with Crippen molar-refractivity contribution >= 4 is 5.96 Å².